The maximum absolute atomic E-state index is 11.3. The zero-order valence-electron chi connectivity index (χ0n) is 9.99. The van der Waals surface area contributed by atoms with E-state index < -0.39 is 11.7 Å². The second-order valence-corrected chi connectivity index (χ2v) is 4.90. The minimum Gasteiger partial charge on any atom is -0.476 e. The minimum absolute atomic E-state index is 0.0749. The van der Waals surface area contributed by atoms with E-state index in [2.05, 4.69) is 23.8 Å². The molecule has 0 saturated carbocycles. The number of H-pyrrole nitrogens is 1. The summed E-state index contributed by atoms with van der Waals surface area (Å²) in [6.45, 7) is 4.27. The number of nitrogens with one attached hydrogen (secondary N) is 1. The summed E-state index contributed by atoms with van der Waals surface area (Å²) >= 11 is 0. The quantitative estimate of drug-likeness (QED) is 0.809. The van der Waals surface area contributed by atoms with E-state index in [0.717, 1.165) is 18.5 Å². The Kier molecular flexibility index (Phi) is 3.00. The fraction of sp³-hybridized carbons (Fsp3) is 0.583. The summed E-state index contributed by atoms with van der Waals surface area (Å²) in [6.07, 6.45) is 2.41. The molecule has 1 atom stereocenters. The lowest BCUT2D eigenvalue weighted by molar-refractivity contribution is 0.0687. The van der Waals surface area contributed by atoms with Crippen molar-refractivity contribution in [3.63, 3.8) is 0 Å². The molecule has 0 aliphatic heterocycles. The number of hydrogen-bond acceptors (Lipinski definition) is 3. The van der Waals surface area contributed by atoms with Crippen LogP contribution in [0.3, 0.4) is 0 Å². The number of fused-ring (bicyclic) bond motifs is 1. The normalized spacial score (nSPS) is 19.1. The number of aromatic nitrogens is 2. The average molecular weight is 236 g/mol. The maximum Gasteiger partial charge on any atom is 0.355 e. The molecule has 0 fully saturated rings. The lowest BCUT2D eigenvalue weighted by Gasteiger charge is -2.27. The van der Waals surface area contributed by atoms with Gasteiger partial charge in [0.2, 0.25) is 0 Å². The van der Waals surface area contributed by atoms with E-state index in [9.17, 15) is 9.59 Å². The van der Waals surface area contributed by atoms with Crippen LogP contribution in [-0.4, -0.2) is 21.0 Å². The minimum atomic E-state index is -1.11. The van der Waals surface area contributed by atoms with Crippen LogP contribution in [-0.2, 0) is 12.8 Å². The van der Waals surface area contributed by atoms with E-state index in [1.165, 1.54) is 0 Å². The number of carboxylic acids is 1. The average Bonchev–Trinajstić information content (AvgIpc) is 2.26. The van der Waals surface area contributed by atoms with Gasteiger partial charge in [-0.25, -0.2) is 9.59 Å². The molecule has 0 amide bonds. The van der Waals surface area contributed by atoms with Crippen molar-refractivity contribution in [2.45, 2.75) is 33.1 Å². The van der Waals surface area contributed by atoms with Gasteiger partial charge in [0, 0.05) is 11.3 Å². The van der Waals surface area contributed by atoms with Gasteiger partial charge >= 0.3 is 11.7 Å². The highest BCUT2D eigenvalue weighted by molar-refractivity contribution is 5.87. The molecule has 5 nitrogen and oxygen atoms in total. The number of aromatic amines is 1. The standard InChI is InChI=1S/C12H16N2O3/c1-6(2)7-3-4-9-8(5-7)10(11(15)16)14-12(17)13-9/h6-7H,3-5H2,1-2H3,(H,15,16)(H,13,14,17). The van der Waals surface area contributed by atoms with E-state index in [4.69, 9.17) is 5.11 Å². The van der Waals surface area contributed by atoms with Crippen molar-refractivity contribution in [1.82, 2.24) is 9.97 Å². The molecule has 0 saturated heterocycles. The zero-order valence-corrected chi connectivity index (χ0v) is 9.99. The van der Waals surface area contributed by atoms with Crippen molar-refractivity contribution in [3.8, 4) is 0 Å². The van der Waals surface area contributed by atoms with E-state index in [1.807, 2.05) is 0 Å². The van der Waals surface area contributed by atoms with Crippen LogP contribution >= 0.6 is 0 Å². The summed E-state index contributed by atoms with van der Waals surface area (Å²) in [6, 6.07) is 0. The summed E-state index contributed by atoms with van der Waals surface area (Å²) in [5.41, 5.74) is 0.819. The first-order valence-corrected chi connectivity index (χ1v) is 5.84. The molecule has 1 heterocycles. The van der Waals surface area contributed by atoms with Gasteiger partial charge in [0.25, 0.3) is 0 Å². The third-order valence-corrected chi connectivity index (χ3v) is 3.50. The van der Waals surface area contributed by atoms with Crippen LogP contribution in [0.15, 0.2) is 4.79 Å². The van der Waals surface area contributed by atoms with Gasteiger partial charge in [-0.2, -0.15) is 4.98 Å². The third-order valence-electron chi connectivity index (χ3n) is 3.50. The highest BCUT2D eigenvalue weighted by atomic mass is 16.4. The molecule has 5 heteroatoms. The lowest BCUT2D eigenvalue weighted by Crippen LogP contribution is -2.28. The van der Waals surface area contributed by atoms with Crippen molar-refractivity contribution < 1.29 is 9.90 Å². The summed E-state index contributed by atoms with van der Waals surface area (Å²) in [7, 11) is 0. The van der Waals surface area contributed by atoms with Gasteiger partial charge in [-0.3, -0.25) is 0 Å². The Balaban J connectivity index is 2.48. The zero-order chi connectivity index (χ0) is 12.6. The predicted molar refractivity (Wildman–Crippen MR) is 62.2 cm³/mol. The van der Waals surface area contributed by atoms with E-state index in [1.54, 1.807) is 0 Å². The Morgan fingerprint density at radius 1 is 1.53 bits per heavy atom. The molecular formula is C12H16N2O3. The van der Waals surface area contributed by atoms with E-state index >= 15 is 0 Å². The predicted octanol–water partition coefficient (Wildman–Crippen LogP) is 1.23. The smallest absolute Gasteiger partial charge is 0.355 e. The molecule has 1 aliphatic carbocycles. The molecule has 1 unspecified atom stereocenters. The van der Waals surface area contributed by atoms with Crippen LogP contribution in [0.2, 0.25) is 0 Å². The van der Waals surface area contributed by atoms with E-state index in [0.29, 0.717) is 23.8 Å². The molecule has 0 aromatic carbocycles. The molecule has 92 valence electrons. The van der Waals surface area contributed by atoms with Gasteiger partial charge in [0.05, 0.1) is 0 Å². The van der Waals surface area contributed by atoms with Crippen LogP contribution in [0.4, 0.5) is 0 Å². The first-order valence-electron chi connectivity index (χ1n) is 5.84. The van der Waals surface area contributed by atoms with Gasteiger partial charge in [0.15, 0.2) is 5.69 Å². The van der Waals surface area contributed by atoms with Crippen LogP contribution in [0.1, 0.15) is 42.0 Å². The molecule has 1 aliphatic rings. The van der Waals surface area contributed by atoms with Gasteiger partial charge in [-0.05, 0) is 31.1 Å². The third kappa shape index (κ3) is 2.23. The summed E-state index contributed by atoms with van der Waals surface area (Å²) in [4.78, 5) is 28.6. The molecular weight excluding hydrogens is 220 g/mol. The number of carboxylic acid groups (broad SMARTS) is 1. The first-order chi connectivity index (χ1) is 7.99. The van der Waals surface area contributed by atoms with Crippen molar-refractivity contribution in [3.05, 3.63) is 27.4 Å². The fourth-order valence-corrected chi connectivity index (χ4v) is 2.42. The molecule has 0 spiro atoms. The van der Waals surface area contributed by atoms with Gasteiger partial charge < -0.3 is 10.1 Å². The second kappa shape index (κ2) is 4.31. The van der Waals surface area contributed by atoms with Crippen LogP contribution in [0, 0.1) is 11.8 Å². The molecule has 2 N–H and O–H groups in total. The highest BCUT2D eigenvalue weighted by Gasteiger charge is 2.27. The first kappa shape index (κ1) is 11.8. The van der Waals surface area contributed by atoms with Crippen molar-refractivity contribution in [1.29, 1.82) is 0 Å². The number of aromatic carboxylic acids is 1. The molecule has 0 bridgehead atoms. The largest absolute Gasteiger partial charge is 0.476 e. The van der Waals surface area contributed by atoms with Crippen LogP contribution in [0.5, 0.6) is 0 Å². The summed E-state index contributed by atoms with van der Waals surface area (Å²) in [5, 5.41) is 9.07. The Hall–Kier alpha value is -1.65. The number of nitrogens with zero attached hydrogens (tertiary/aromatic N) is 1. The SMILES string of the molecule is CC(C)C1CCc2[nH]c(=O)nc(C(=O)O)c2C1. The van der Waals surface area contributed by atoms with Gasteiger partial charge in [-0.15, -0.1) is 0 Å². The second-order valence-electron chi connectivity index (χ2n) is 4.90. The maximum atomic E-state index is 11.3. The Bertz CT molecular complexity index is 505. The Labute approximate surface area is 98.9 Å². The molecule has 1 aromatic heterocycles. The number of hydrogen-bond donors (Lipinski definition) is 2. The Morgan fingerprint density at radius 2 is 2.24 bits per heavy atom. The van der Waals surface area contributed by atoms with Gasteiger partial charge in [0.1, 0.15) is 0 Å². The number of carbonyl (C=O) groups is 1. The van der Waals surface area contributed by atoms with E-state index in [-0.39, 0.29) is 5.69 Å². The van der Waals surface area contributed by atoms with Crippen molar-refractivity contribution in [2.75, 3.05) is 0 Å². The molecule has 1 aromatic rings. The molecule has 2 rings (SSSR count). The fourth-order valence-electron chi connectivity index (χ4n) is 2.42. The Morgan fingerprint density at radius 3 is 2.82 bits per heavy atom. The topological polar surface area (TPSA) is 83.0 Å². The molecule has 0 radical (unpaired) electrons. The number of aryl methyl sites for hydroxylation is 1. The highest BCUT2D eigenvalue weighted by Crippen LogP contribution is 2.29. The van der Waals surface area contributed by atoms with Crippen molar-refractivity contribution >= 4 is 5.97 Å². The van der Waals surface area contributed by atoms with Gasteiger partial charge in [-0.1, -0.05) is 13.8 Å². The van der Waals surface area contributed by atoms with Crippen molar-refractivity contribution in [2.24, 2.45) is 11.8 Å². The molecule has 17 heavy (non-hydrogen) atoms. The monoisotopic (exact) mass is 236 g/mol. The summed E-state index contributed by atoms with van der Waals surface area (Å²) in [5.74, 6) is -0.137. The van der Waals surface area contributed by atoms with Crippen LogP contribution < -0.4 is 5.69 Å². The summed E-state index contributed by atoms with van der Waals surface area (Å²) < 4.78 is 0. The number of rotatable bonds is 2. The van der Waals surface area contributed by atoms with Crippen LogP contribution in [0.25, 0.3) is 0 Å². The lowest BCUT2D eigenvalue weighted by atomic mass is 9.79.